The summed E-state index contributed by atoms with van der Waals surface area (Å²) in [5.41, 5.74) is 8.22. The van der Waals surface area contributed by atoms with Crippen molar-refractivity contribution < 1.29 is 14.4 Å². The molecule has 0 spiro atoms. The quantitative estimate of drug-likeness (QED) is 0.278. The van der Waals surface area contributed by atoms with Crippen molar-refractivity contribution in [2.45, 2.75) is 39.3 Å². The van der Waals surface area contributed by atoms with Crippen LogP contribution in [0.4, 0.5) is 0 Å². The Morgan fingerprint density at radius 1 is 0.897 bits per heavy atom. The maximum absolute atomic E-state index is 13.0. The molecule has 0 fully saturated rings. The molecule has 5 aromatic rings. The van der Waals surface area contributed by atoms with E-state index < -0.39 is 0 Å². The molecule has 0 bridgehead atoms. The van der Waals surface area contributed by atoms with E-state index in [9.17, 15) is 4.79 Å². The van der Waals surface area contributed by atoms with Crippen LogP contribution in [0.2, 0.25) is 0 Å². The maximum Gasteiger partial charge on any atom is 0.373 e. The number of benzene rings is 3. The molecular weight excluding hydrogens is 488 g/mol. The summed E-state index contributed by atoms with van der Waals surface area (Å²) in [6, 6.07) is 26.5. The lowest BCUT2D eigenvalue weighted by molar-refractivity contribution is -0.191. The molecule has 0 radical (unpaired) electrons. The molecular formula is C32H30N4O3. The number of aromatic nitrogens is 3. The lowest BCUT2D eigenvalue weighted by atomic mass is 9.98. The van der Waals surface area contributed by atoms with Crippen molar-refractivity contribution in [2.24, 2.45) is 0 Å². The molecule has 3 aromatic carbocycles. The van der Waals surface area contributed by atoms with Crippen LogP contribution in [0.3, 0.4) is 0 Å². The molecule has 2 heterocycles. The van der Waals surface area contributed by atoms with Crippen molar-refractivity contribution >= 4 is 23.1 Å². The van der Waals surface area contributed by atoms with E-state index in [1.807, 2.05) is 43.7 Å². The first-order valence-electron chi connectivity index (χ1n) is 12.7. The number of hydrogen-bond acceptors (Lipinski definition) is 5. The maximum atomic E-state index is 13.0. The molecule has 5 rings (SSSR count). The Balaban J connectivity index is 0.00000112. The van der Waals surface area contributed by atoms with E-state index in [2.05, 4.69) is 88.3 Å². The summed E-state index contributed by atoms with van der Waals surface area (Å²) >= 11 is 0. The van der Waals surface area contributed by atoms with Crippen LogP contribution < -0.4 is 5.32 Å². The Morgan fingerprint density at radius 3 is 2.33 bits per heavy atom. The zero-order valence-corrected chi connectivity index (χ0v) is 22.2. The number of imidazole rings is 1. The number of nitrogens with zero attached hydrogens (tertiary/aromatic N) is 3. The van der Waals surface area contributed by atoms with Gasteiger partial charge in [-0.25, -0.2) is 4.98 Å². The van der Waals surface area contributed by atoms with Crippen molar-refractivity contribution in [3.8, 4) is 11.1 Å². The lowest BCUT2D eigenvalue weighted by Crippen LogP contribution is -2.26. The third-order valence-electron chi connectivity index (χ3n) is 6.61. The monoisotopic (exact) mass is 518 g/mol. The van der Waals surface area contributed by atoms with E-state index in [0.29, 0.717) is 18.0 Å². The Morgan fingerprint density at radius 2 is 1.64 bits per heavy atom. The minimum Gasteiger partial charge on any atom is -0.346 e. The van der Waals surface area contributed by atoms with E-state index in [-0.39, 0.29) is 18.1 Å². The highest BCUT2D eigenvalue weighted by atomic mass is 16.2. The summed E-state index contributed by atoms with van der Waals surface area (Å²) in [6.45, 7) is 7.07. The molecule has 1 atom stereocenters. The third kappa shape index (κ3) is 6.72. The standard InChI is InChI=1S/C31H30N4O.CO2/c1-21(2)25-6-4-7-26(16-25)22(3)34-31(36)27-13-14-30-29(17-27)33-20-35(30)19-23-9-11-24(12-10-23)28-8-5-15-32-18-28;2-1-3/h4-18,20-22H,19H2,1-3H3,(H,34,36);/t22-;/m0./s1. The van der Waals surface area contributed by atoms with Crippen molar-refractivity contribution in [2.75, 3.05) is 0 Å². The molecule has 0 saturated carbocycles. The van der Waals surface area contributed by atoms with E-state index in [4.69, 9.17) is 9.59 Å². The van der Waals surface area contributed by atoms with Gasteiger partial charge in [-0.2, -0.15) is 9.59 Å². The number of amides is 1. The fourth-order valence-electron chi connectivity index (χ4n) is 4.41. The van der Waals surface area contributed by atoms with Crippen molar-refractivity contribution in [3.05, 3.63) is 120 Å². The van der Waals surface area contributed by atoms with E-state index in [0.717, 1.165) is 27.7 Å². The van der Waals surface area contributed by atoms with Gasteiger partial charge in [0.25, 0.3) is 5.91 Å². The average Bonchev–Trinajstić information content (AvgIpc) is 3.36. The molecule has 0 saturated heterocycles. The summed E-state index contributed by atoms with van der Waals surface area (Å²) in [7, 11) is 0. The van der Waals surface area contributed by atoms with Gasteiger partial charge in [0, 0.05) is 24.5 Å². The highest BCUT2D eigenvalue weighted by molar-refractivity contribution is 5.97. The Bertz CT molecular complexity index is 1590. The van der Waals surface area contributed by atoms with E-state index in [1.165, 1.54) is 11.1 Å². The lowest BCUT2D eigenvalue weighted by Gasteiger charge is -2.16. The van der Waals surface area contributed by atoms with Crippen molar-refractivity contribution in [1.29, 1.82) is 0 Å². The second-order valence-corrected chi connectivity index (χ2v) is 9.62. The van der Waals surface area contributed by atoms with Crippen LogP contribution >= 0.6 is 0 Å². The predicted octanol–water partition coefficient (Wildman–Crippen LogP) is 6.18. The number of carbonyl (C=O) groups excluding carboxylic acids is 3. The Labute approximate surface area is 227 Å². The SMILES string of the molecule is CC(C)c1cccc([C@H](C)NC(=O)c2ccc3c(c2)ncn3Cc2ccc(-c3cccnc3)cc2)c1.O=C=O. The fraction of sp³-hybridized carbons (Fsp3) is 0.188. The van der Waals surface area contributed by atoms with E-state index >= 15 is 0 Å². The summed E-state index contributed by atoms with van der Waals surface area (Å²) in [5, 5.41) is 3.13. The molecule has 39 heavy (non-hydrogen) atoms. The Hall–Kier alpha value is -4.87. The van der Waals surface area contributed by atoms with Crippen LogP contribution in [0.15, 0.2) is 97.6 Å². The number of rotatable bonds is 7. The number of hydrogen-bond donors (Lipinski definition) is 1. The Kier molecular flexibility index (Phi) is 8.77. The molecule has 1 amide bonds. The van der Waals surface area contributed by atoms with Gasteiger partial charge >= 0.3 is 6.15 Å². The molecule has 7 heteroatoms. The van der Waals surface area contributed by atoms with Crippen LogP contribution in [-0.4, -0.2) is 26.6 Å². The highest BCUT2D eigenvalue weighted by Gasteiger charge is 2.14. The largest absolute Gasteiger partial charge is 0.373 e. The normalized spacial score (nSPS) is 11.4. The summed E-state index contributed by atoms with van der Waals surface area (Å²) < 4.78 is 2.11. The molecule has 0 unspecified atom stereocenters. The van der Waals surface area contributed by atoms with Gasteiger partial charge in [-0.1, -0.05) is 68.4 Å². The smallest absolute Gasteiger partial charge is 0.346 e. The molecule has 1 N–H and O–H groups in total. The van der Waals surface area contributed by atoms with Gasteiger partial charge in [-0.3, -0.25) is 9.78 Å². The van der Waals surface area contributed by atoms with Gasteiger partial charge in [0.15, 0.2) is 0 Å². The zero-order valence-electron chi connectivity index (χ0n) is 22.2. The molecule has 0 aliphatic rings. The van der Waals surface area contributed by atoms with Crippen LogP contribution in [0.1, 0.15) is 59.8 Å². The molecule has 0 aliphatic carbocycles. The summed E-state index contributed by atoms with van der Waals surface area (Å²) in [5.74, 6) is 0.351. The zero-order chi connectivity index (χ0) is 27.8. The number of fused-ring (bicyclic) bond motifs is 1. The van der Waals surface area contributed by atoms with Crippen LogP contribution in [-0.2, 0) is 16.1 Å². The number of pyridine rings is 1. The van der Waals surface area contributed by atoms with Crippen LogP contribution in [0.25, 0.3) is 22.2 Å². The van der Waals surface area contributed by atoms with Gasteiger partial charge < -0.3 is 9.88 Å². The first kappa shape index (κ1) is 27.2. The fourth-order valence-corrected chi connectivity index (χ4v) is 4.41. The van der Waals surface area contributed by atoms with E-state index in [1.54, 1.807) is 6.20 Å². The number of nitrogens with one attached hydrogen (secondary N) is 1. The topological polar surface area (TPSA) is 93.9 Å². The highest BCUT2D eigenvalue weighted by Crippen LogP contribution is 2.22. The second-order valence-electron chi connectivity index (χ2n) is 9.62. The van der Waals surface area contributed by atoms with Gasteiger partial charge in [-0.05, 0) is 64.9 Å². The van der Waals surface area contributed by atoms with Crippen molar-refractivity contribution in [1.82, 2.24) is 19.9 Å². The minimum atomic E-state index is -0.0973. The molecule has 7 nitrogen and oxygen atoms in total. The number of carbonyl (C=O) groups is 1. The van der Waals surface area contributed by atoms with Crippen molar-refractivity contribution in [3.63, 3.8) is 0 Å². The van der Waals surface area contributed by atoms with Crippen LogP contribution in [0, 0.1) is 0 Å². The molecule has 0 aliphatic heterocycles. The van der Waals surface area contributed by atoms with Gasteiger partial charge in [0.2, 0.25) is 0 Å². The van der Waals surface area contributed by atoms with Gasteiger partial charge in [0.05, 0.1) is 23.4 Å². The molecule has 2 aromatic heterocycles. The second kappa shape index (κ2) is 12.6. The average molecular weight is 519 g/mol. The van der Waals surface area contributed by atoms with Gasteiger partial charge in [-0.15, -0.1) is 0 Å². The first-order chi connectivity index (χ1) is 18.9. The van der Waals surface area contributed by atoms with Crippen LogP contribution in [0.5, 0.6) is 0 Å². The predicted molar refractivity (Wildman–Crippen MR) is 150 cm³/mol. The minimum absolute atomic E-state index is 0.0842. The first-order valence-corrected chi connectivity index (χ1v) is 12.7. The third-order valence-corrected chi connectivity index (χ3v) is 6.61. The van der Waals surface area contributed by atoms with Gasteiger partial charge in [0.1, 0.15) is 0 Å². The summed E-state index contributed by atoms with van der Waals surface area (Å²) in [6.07, 6.45) is 5.74. The molecule has 196 valence electrons. The summed E-state index contributed by atoms with van der Waals surface area (Å²) in [4.78, 5) is 38.0.